The summed E-state index contributed by atoms with van der Waals surface area (Å²) in [6.07, 6.45) is 11.0. The molecule has 0 bridgehead atoms. The van der Waals surface area contributed by atoms with E-state index in [1.54, 1.807) is 10.8 Å². The van der Waals surface area contributed by atoms with Crippen molar-refractivity contribution in [3.05, 3.63) is 101 Å². The van der Waals surface area contributed by atoms with Crippen molar-refractivity contribution in [3.63, 3.8) is 0 Å². The van der Waals surface area contributed by atoms with Crippen molar-refractivity contribution in [3.8, 4) is 5.75 Å². The Kier molecular flexibility index (Phi) is 9.35. The van der Waals surface area contributed by atoms with Crippen molar-refractivity contribution in [1.29, 1.82) is 0 Å². The molecule has 6 heteroatoms. The maximum Gasteiger partial charge on any atom is 0.323 e. The minimum Gasteiger partial charge on any atom is -0.494 e. The van der Waals surface area contributed by atoms with E-state index in [1.807, 2.05) is 60.7 Å². The largest absolute Gasteiger partial charge is 0.494 e. The lowest BCUT2D eigenvalue weighted by Gasteiger charge is -2.07. The third kappa shape index (κ3) is 7.59. The van der Waals surface area contributed by atoms with Gasteiger partial charge in [0.25, 0.3) is 0 Å². The molecule has 4 rings (SSSR count). The van der Waals surface area contributed by atoms with E-state index in [4.69, 9.17) is 4.74 Å². The zero-order valence-corrected chi connectivity index (χ0v) is 21.4. The molecular weight excluding hydrogens is 478 g/mol. The molecule has 196 valence electrons. The molecule has 0 spiro atoms. The number of ether oxygens (including phenoxy) is 1. The zero-order chi connectivity index (χ0) is 26.7. The monoisotopic (exact) mass is 511 g/mol. The highest BCUT2D eigenvalue weighted by Gasteiger charge is 2.15. The fourth-order valence-corrected chi connectivity index (χ4v) is 4.66. The van der Waals surface area contributed by atoms with E-state index in [2.05, 4.69) is 24.3 Å². The minimum absolute atomic E-state index is 0.174. The van der Waals surface area contributed by atoms with Gasteiger partial charge in [0.05, 0.1) is 13.0 Å². The van der Waals surface area contributed by atoms with Gasteiger partial charge in [0.15, 0.2) is 0 Å². The van der Waals surface area contributed by atoms with Crippen LogP contribution in [0.3, 0.4) is 0 Å². The van der Waals surface area contributed by atoms with E-state index < -0.39 is 11.9 Å². The summed E-state index contributed by atoms with van der Waals surface area (Å²) in [4.78, 5) is 22.7. The van der Waals surface area contributed by atoms with Gasteiger partial charge in [0.2, 0.25) is 0 Å². The molecule has 0 fully saturated rings. The maximum absolute atomic E-state index is 11.4. The van der Waals surface area contributed by atoms with Crippen molar-refractivity contribution >= 4 is 35.0 Å². The molecule has 0 atom stereocenters. The molecule has 0 saturated carbocycles. The Morgan fingerprint density at radius 3 is 2.29 bits per heavy atom. The fraction of sp³-hybridized carbons (Fsp3) is 0.250. The number of aryl methyl sites for hydroxylation is 1. The maximum atomic E-state index is 11.4. The number of hydrogen-bond donors (Lipinski definition) is 2. The highest BCUT2D eigenvalue weighted by Crippen LogP contribution is 2.28. The Morgan fingerprint density at radius 2 is 1.55 bits per heavy atom. The van der Waals surface area contributed by atoms with Gasteiger partial charge >= 0.3 is 11.9 Å². The van der Waals surface area contributed by atoms with E-state index >= 15 is 0 Å². The van der Waals surface area contributed by atoms with Crippen molar-refractivity contribution in [2.24, 2.45) is 0 Å². The lowest BCUT2D eigenvalue weighted by molar-refractivity contribution is -0.138. The van der Waals surface area contributed by atoms with Crippen molar-refractivity contribution < 1.29 is 24.5 Å². The number of fused-ring (bicyclic) bond motifs is 1. The molecule has 0 radical (unpaired) electrons. The minimum atomic E-state index is -0.977. The number of carboxylic acids is 2. The van der Waals surface area contributed by atoms with Gasteiger partial charge in [-0.25, -0.2) is 0 Å². The van der Waals surface area contributed by atoms with Gasteiger partial charge < -0.3 is 19.5 Å². The zero-order valence-electron chi connectivity index (χ0n) is 21.4. The summed E-state index contributed by atoms with van der Waals surface area (Å²) in [7, 11) is 0. The van der Waals surface area contributed by atoms with Crippen LogP contribution in [-0.2, 0) is 29.0 Å². The lowest BCUT2D eigenvalue weighted by atomic mass is 10.0. The average Bonchev–Trinajstić information content (AvgIpc) is 3.24. The van der Waals surface area contributed by atoms with E-state index in [9.17, 15) is 19.8 Å². The predicted octanol–water partition coefficient (Wildman–Crippen LogP) is 6.71. The summed E-state index contributed by atoms with van der Waals surface area (Å²) in [6.45, 7) is 0.473. The molecule has 1 heterocycles. The van der Waals surface area contributed by atoms with Crippen LogP contribution in [0.4, 0.5) is 0 Å². The summed E-state index contributed by atoms with van der Waals surface area (Å²) in [5.74, 6) is -1.10. The second kappa shape index (κ2) is 13.3. The second-order valence-electron chi connectivity index (χ2n) is 9.39. The Balaban J connectivity index is 1.32. The number of unbranched alkanes of at least 4 members (excludes halogenated alkanes) is 3. The van der Waals surface area contributed by atoms with Crippen LogP contribution in [0.5, 0.6) is 5.75 Å². The first kappa shape index (κ1) is 26.7. The SMILES string of the molecule is O=C(O)Cc1cn(CC(=O)O)c2cccc(/C=C/c3ccc(OCCCCCCc4ccccc4)cc3)c12. The van der Waals surface area contributed by atoms with Crippen LogP contribution < -0.4 is 4.74 Å². The number of rotatable bonds is 14. The average molecular weight is 512 g/mol. The number of nitrogens with zero attached hydrogens (tertiary/aromatic N) is 1. The molecule has 0 unspecified atom stereocenters. The van der Waals surface area contributed by atoms with Crippen LogP contribution in [0.1, 0.15) is 47.9 Å². The first-order chi connectivity index (χ1) is 18.5. The fourth-order valence-electron chi connectivity index (χ4n) is 4.66. The molecule has 0 amide bonds. The van der Waals surface area contributed by atoms with Gasteiger partial charge in [-0.05, 0) is 59.7 Å². The van der Waals surface area contributed by atoms with Crippen molar-refractivity contribution in [1.82, 2.24) is 4.57 Å². The standard InChI is InChI=1S/C32H33NO5/c34-30(35)21-27-22-33(23-31(36)37)29-13-8-12-26(32(27)29)17-14-25-15-18-28(19-16-25)38-20-7-2-1-4-9-24-10-5-3-6-11-24/h3,5-6,8,10-19,22H,1-2,4,7,9,20-21,23H2,(H,34,35)(H,36,37)/b17-14+. The third-order valence-electron chi connectivity index (χ3n) is 6.47. The summed E-state index contributed by atoms with van der Waals surface area (Å²) < 4.78 is 7.49. The predicted molar refractivity (Wildman–Crippen MR) is 150 cm³/mol. The molecule has 0 aliphatic rings. The quantitative estimate of drug-likeness (QED) is 0.145. The number of carboxylic acid groups (broad SMARTS) is 2. The summed E-state index contributed by atoms with van der Waals surface area (Å²) in [5.41, 5.74) is 4.52. The van der Waals surface area contributed by atoms with Crippen molar-refractivity contribution in [2.75, 3.05) is 6.61 Å². The Hall–Kier alpha value is -4.32. The van der Waals surface area contributed by atoms with Gasteiger partial charge in [-0.3, -0.25) is 9.59 Å². The van der Waals surface area contributed by atoms with E-state index in [0.29, 0.717) is 17.7 Å². The molecular formula is C32H33NO5. The van der Waals surface area contributed by atoms with E-state index in [1.165, 1.54) is 18.4 Å². The molecule has 0 aliphatic carbocycles. The first-order valence-corrected chi connectivity index (χ1v) is 13.0. The third-order valence-corrected chi connectivity index (χ3v) is 6.47. The Bertz CT molecular complexity index is 1390. The molecule has 1 aromatic heterocycles. The summed E-state index contributed by atoms with van der Waals surface area (Å²) in [5, 5.41) is 19.3. The van der Waals surface area contributed by atoms with Crippen molar-refractivity contribution in [2.45, 2.75) is 45.1 Å². The molecule has 4 aromatic rings. The molecule has 0 saturated heterocycles. The highest BCUT2D eigenvalue weighted by molar-refractivity contribution is 5.96. The molecule has 6 nitrogen and oxygen atoms in total. The molecule has 0 aliphatic heterocycles. The number of carbonyl (C=O) groups is 2. The second-order valence-corrected chi connectivity index (χ2v) is 9.39. The highest BCUT2D eigenvalue weighted by atomic mass is 16.5. The lowest BCUT2D eigenvalue weighted by Crippen LogP contribution is -2.07. The van der Waals surface area contributed by atoms with Crippen LogP contribution in [0.15, 0.2) is 79.0 Å². The number of aromatic nitrogens is 1. The van der Waals surface area contributed by atoms with Gasteiger partial charge in [0, 0.05) is 17.1 Å². The normalized spacial score (nSPS) is 11.3. The van der Waals surface area contributed by atoms with Crippen LogP contribution in [0.25, 0.3) is 23.1 Å². The van der Waals surface area contributed by atoms with Gasteiger partial charge in [0.1, 0.15) is 12.3 Å². The van der Waals surface area contributed by atoms with E-state index in [-0.39, 0.29) is 13.0 Å². The first-order valence-electron chi connectivity index (χ1n) is 13.0. The van der Waals surface area contributed by atoms with E-state index in [0.717, 1.165) is 41.5 Å². The van der Waals surface area contributed by atoms with Gasteiger partial charge in [-0.1, -0.05) is 79.6 Å². The smallest absolute Gasteiger partial charge is 0.323 e. The van der Waals surface area contributed by atoms with Crippen LogP contribution in [0.2, 0.25) is 0 Å². The summed E-state index contributed by atoms with van der Waals surface area (Å²) in [6, 6.07) is 24.0. The topological polar surface area (TPSA) is 88.8 Å². The number of hydrogen-bond acceptors (Lipinski definition) is 3. The van der Waals surface area contributed by atoms with Gasteiger partial charge in [-0.2, -0.15) is 0 Å². The van der Waals surface area contributed by atoms with Gasteiger partial charge in [-0.15, -0.1) is 0 Å². The molecule has 3 aromatic carbocycles. The molecule has 38 heavy (non-hydrogen) atoms. The Morgan fingerprint density at radius 1 is 0.789 bits per heavy atom. The van der Waals surface area contributed by atoms with Crippen LogP contribution in [-0.4, -0.2) is 33.3 Å². The Labute approximate surface area is 222 Å². The summed E-state index contributed by atoms with van der Waals surface area (Å²) >= 11 is 0. The number of aliphatic carboxylic acids is 2. The molecule has 2 N–H and O–H groups in total. The van der Waals surface area contributed by atoms with Crippen LogP contribution >= 0.6 is 0 Å². The number of benzene rings is 3. The van der Waals surface area contributed by atoms with Crippen LogP contribution in [0, 0.1) is 0 Å².